The monoisotopic (exact) mass is 600 g/mol. The second-order valence-corrected chi connectivity index (χ2v) is 8.85. The van der Waals surface area contributed by atoms with Crippen molar-refractivity contribution in [3.05, 3.63) is 52.0 Å². The smallest absolute Gasteiger partial charge is 0.416 e. The highest BCUT2D eigenvalue weighted by molar-refractivity contribution is 9.10. The average molecular weight is 601 g/mol. The van der Waals surface area contributed by atoms with E-state index in [9.17, 15) is 27.6 Å². The van der Waals surface area contributed by atoms with Crippen molar-refractivity contribution in [1.82, 2.24) is 10.7 Å². The summed E-state index contributed by atoms with van der Waals surface area (Å²) in [4.78, 5) is 36.0. The van der Waals surface area contributed by atoms with Gasteiger partial charge >= 0.3 is 18.0 Å². The van der Waals surface area contributed by atoms with Gasteiger partial charge in [0.15, 0.2) is 18.1 Å². The van der Waals surface area contributed by atoms with Crippen LogP contribution in [0.2, 0.25) is 0 Å². The van der Waals surface area contributed by atoms with Gasteiger partial charge in [0.25, 0.3) is 5.91 Å². The molecule has 0 bridgehead atoms. The Balaban J connectivity index is 1.54. The van der Waals surface area contributed by atoms with Gasteiger partial charge in [-0.05, 0) is 64.7 Å². The van der Waals surface area contributed by atoms with Gasteiger partial charge in [-0.3, -0.25) is 14.4 Å². The molecule has 1 saturated heterocycles. The minimum atomic E-state index is -4.54. The van der Waals surface area contributed by atoms with Gasteiger partial charge in [-0.25, -0.2) is 5.43 Å². The molecule has 38 heavy (non-hydrogen) atoms. The van der Waals surface area contributed by atoms with Gasteiger partial charge in [0.05, 0.1) is 29.5 Å². The predicted octanol–water partition coefficient (Wildman–Crippen LogP) is 3.24. The summed E-state index contributed by atoms with van der Waals surface area (Å²) in [6.45, 7) is 0.349. The molecule has 204 valence electrons. The Hall–Kier alpha value is -3.65. The molecule has 3 amide bonds. The summed E-state index contributed by atoms with van der Waals surface area (Å²) in [6, 6.07) is 7.26. The number of nitrogens with zero attached hydrogens (tertiary/aromatic N) is 1. The third kappa shape index (κ3) is 8.45. The summed E-state index contributed by atoms with van der Waals surface area (Å²) < 4.78 is 55.1. The summed E-state index contributed by atoms with van der Waals surface area (Å²) in [5, 5.41) is 8.58. The van der Waals surface area contributed by atoms with Gasteiger partial charge in [-0.1, -0.05) is 6.07 Å². The quantitative estimate of drug-likeness (QED) is 0.230. The Kier molecular flexibility index (Phi) is 10.1. The first-order valence-electron chi connectivity index (χ1n) is 11.3. The second kappa shape index (κ2) is 13.2. The molecule has 10 nitrogen and oxygen atoms in total. The first-order valence-corrected chi connectivity index (χ1v) is 12.1. The van der Waals surface area contributed by atoms with Gasteiger partial charge in [-0.15, -0.1) is 0 Å². The fourth-order valence-corrected chi connectivity index (χ4v) is 3.94. The molecule has 1 aliphatic rings. The van der Waals surface area contributed by atoms with Crippen LogP contribution in [0.15, 0.2) is 46.0 Å². The lowest BCUT2D eigenvalue weighted by Crippen LogP contribution is -2.41. The molecule has 2 aromatic rings. The maximum absolute atomic E-state index is 12.9. The number of hydrazone groups is 1. The number of hydrogen-bond acceptors (Lipinski definition) is 7. The van der Waals surface area contributed by atoms with Crippen molar-refractivity contribution in [3.63, 3.8) is 0 Å². The van der Waals surface area contributed by atoms with Crippen molar-refractivity contribution in [3.8, 4) is 11.5 Å². The maximum Gasteiger partial charge on any atom is 0.416 e. The van der Waals surface area contributed by atoms with E-state index < -0.39 is 36.1 Å². The number of benzene rings is 2. The standard InChI is InChI=1S/C24H24BrF3N4O6/c1-36-19-9-14(11-30-32-23(35)22(34)29-12-17-6-3-7-37-17)8-18(25)21(19)38-13-20(33)31-16-5-2-4-15(10-16)24(26,27)28/h2,4-5,8-11,17H,3,6-7,12-13H2,1H3,(H,29,34)(H,31,33)(H,32,35)/b30-11-/t17-/m0/s1. The van der Waals surface area contributed by atoms with Gasteiger partial charge in [0, 0.05) is 18.8 Å². The van der Waals surface area contributed by atoms with Crippen LogP contribution in [0.3, 0.4) is 0 Å². The number of rotatable bonds is 9. The number of amides is 3. The highest BCUT2D eigenvalue weighted by atomic mass is 79.9. The lowest BCUT2D eigenvalue weighted by atomic mass is 10.2. The van der Waals surface area contributed by atoms with Gasteiger partial charge in [0.1, 0.15) is 0 Å². The Morgan fingerprint density at radius 2 is 2.00 bits per heavy atom. The zero-order valence-corrected chi connectivity index (χ0v) is 21.6. The van der Waals surface area contributed by atoms with Crippen LogP contribution in [0.4, 0.5) is 18.9 Å². The van der Waals surface area contributed by atoms with Crippen LogP contribution in [0.5, 0.6) is 11.5 Å². The van der Waals surface area contributed by atoms with Gasteiger partial charge < -0.3 is 24.8 Å². The van der Waals surface area contributed by atoms with Crippen LogP contribution >= 0.6 is 15.9 Å². The predicted molar refractivity (Wildman–Crippen MR) is 134 cm³/mol. The van der Waals surface area contributed by atoms with E-state index in [1.54, 1.807) is 6.07 Å². The fourth-order valence-electron chi connectivity index (χ4n) is 3.37. The molecule has 0 unspecified atom stereocenters. The molecule has 0 saturated carbocycles. The first kappa shape index (κ1) is 28.9. The number of hydrogen-bond donors (Lipinski definition) is 3. The molecule has 3 N–H and O–H groups in total. The van der Waals surface area contributed by atoms with Crippen molar-refractivity contribution in [2.45, 2.75) is 25.1 Å². The molecule has 1 atom stereocenters. The zero-order chi connectivity index (χ0) is 27.7. The molecule has 14 heteroatoms. The van der Waals surface area contributed by atoms with Crippen LogP contribution in [-0.4, -0.2) is 56.9 Å². The summed E-state index contributed by atoms with van der Waals surface area (Å²) >= 11 is 3.30. The summed E-state index contributed by atoms with van der Waals surface area (Å²) in [5.41, 5.74) is 1.65. The third-order valence-corrected chi connectivity index (χ3v) is 5.76. The second-order valence-electron chi connectivity index (χ2n) is 7.99. The van der Waals surface area contributed by atoms with Gasteiger partial charge in [-0.2, -0.15) is 18.3 Å². The van der Waals surface area contributed by atoms with E-state index in [-0.39, 0.29) is 29.8 Å². The van der Waals surface area contributed by atoms with Crippen molar-refractivity contribution in [2.24, 2.45) is 5.10 Å². The largest absolute Gasteiger partial charge is 0.493 e. The number of anilines is 1. The normalized spacial score (nSPS) is 15.2. The van der Waals surface area contributed by atoms with E-state index in [1.807, 2.05) is 0 Å². The van der Waals surface area contributed by atoms with E-state index in [0.717, 1.165) is 25.0 Å². The Morgan fingerprint density at radius 3 is 2.68 bits per heavy atom. The molecule has 0 radical (unpaired) electrons. The van der Waals surface area contributed by atoms with Crippen molar-refractivity contribution < 1.29 is 41.8 Å². The summed E-state index contributed by atoms with van der Waals surface area (Å²) in [6.07, 6.45) is -1.65. The average Bonchev–Trinajstić information content (AvgIpc) is 3.39. The first-order chi connectivity index (χ1) is 18.1. The molecule has 0 aliphatic carbocycles. The van der Waals surface area contributed by atoms with E-state index in [0.29, 0.717) is 16.6 Å². The van der Waals surface area contributed by atoms with Crippen molar-refractivity contribution in [1.29, 1.82) is 0 Å². The zero-order valence-electron chi connectivity index (χ0n) is 20.1. The number of nitrogens with one attached hydrogen (secondary N) is 3. The SMILES string of the molecule is COc1cc(/C=N\NC(=O)C(=O)NC[C@@H]2CCCO2)cc(Br)c1OCC(=O)Nc1cccc(C(F)(F)F)c1. The lowest BCUT2D eigenvalue weighted by Gasteiger charge is -2.14. The number of alkyl halides is 3. The van der Waals surface area contributed by atoms with E-state index in [4.69, 9.17) is 14.2 Å². The maximum atomic E-state index is 12.9. The lowest BCUT2D eigenvalue weighted by molar-refractivity contribution is -0.139. The molecule has 3 rings (SSSR count). The number of carbonyl (C=O) groups excluding carboxylic acids is 3. The number of carbonyl (C=O) groups is 3. The topological polar surface area (TPSA) is 127 Å². The third-order valence-electron chi connectivity index (χ3n) is 5.17. The van der Waals surface area contributed by atoms with E-state index >= 15 is 0 Å². The summed E-state index contributed by atoms with van der Waals surface area (Å²) in [7, 11) is 1.36. The van der Waals surface area contributed by atoms with Gasteiger partial charge in [0.2, 0.25) is 0 Å². The Labute approximate surface area is 224 Å². The molecule has 1 fully saturated rings. The molecular formula is C24H24BrF3N4O6. The number of halogens is 4. The molecule has 1 heterocycles. The van der Waals surface area contributed by atoms with Crippen molar-refractivity contribution in [2.75, 3.05) is 32.2 Å². The molecule has 0 spiro atoms. The Bertz CT molecular complexity index is 1200. The minimum absolute atomic E-state index is 0.0337. The van der Waals surface area contributed by atoms with E-state index in [1.165, 1.54) is 31.5 Å². The molecule has 0 aromatic heterocycles. The minimum Gasteiger partial charge on any atom is -0.493 e. The number of methoxy groups -OCH3 is 1. The fraction of sp³-hybridized carbons (Fsp3) is 0.333. The van der Waals surface area contributed by atoms with Crippen LogP contribution in [0, 0.1) is 0 Å². The summed E-state index contributed by atoms with van der Waals surface area (Å²) in [5.74, 6) is -2.13. The molecule has 2 aromatic carbocycles. The van der Waals surface area contributed by atoms with Crippen molar-refractivity contribution >= 4 is 45.6 Å². The van der Waals surface area contributed by atoms with Crippen LogP contribution in [0.25, 0.3) is 0 Å². The molecular weight excluding hydrogens is 577 g/mol. The Morgan fingerprint density at radius 1 is 1.21 bits per heavy atom. The van der Waals surface area contributed by atoms with E-state index in [2.05, 4.69) is 37.1 Å². The number of ether oxygens (including phenoxy) is 3. The highest BCUT2D eigenvalue weighted by Crippen LogP contribution is 2.36. The van der Waals surface area contributed by atoms with Crippen LogP contribution in [0.1, 0.15) is 24.0 Å². The molecule has 1 aliphatic heterocycles. The van der Waals surface area contributed by atoms with Crippen LogP contribution in [-0.2, 0) is 25.3 Å². The van der Waals surface area contributed by atoms with Crippen LogP contribution < -0.4 is 25.5 Å². The highest BCUT2D eigenvalue weighted by Gasteiger charge is 2.30.